The van der Waals surface area contributed by atoms with Gasteiger partial charge in [0.25, 0.3) is 0 Å². The molecule has 1 saturated heterocycles. The van der Waals surface area contributed by atoms with Crippen LogP contribution in [0.1, 0.15) is 31.2 Å². The Labute approximate surface area is 128 Å². The minimum absolute atomic E-state index is 0.0419. The van der Waals surface area contributed by atoms with Crippen LogP contribution in [-0.2, 0) is 10.0 Å². The average molecular weight is 364 g/mol. The van der Waals surface area contributed by atoms with Gasteiger partial charge in [-0.3, -0.25) is 0 Å². The lowest BCUT2D eigenvalue weighted by Gasteiger charge is -2.24. The topological polar surface area (TPSA) is 37.4 Å². The van der Waals surface area contributed by atoms with Gasteiger partial charge in [-0.15, -0.1) is 0 Å². The number of rotatable bonds is 5. The molecule has 0 amide bonds. The summed E-state index contributed by atoms with van der Waals surface area (Å²) in [5.41, 5.74) is 0.595. The molecule has 1 heterocycles. The Morgan fingerprint density at radius 3 is 2.90 bits per heavy atom. The van der Waals surface area contributed by atoms with Crippen LogP contribution in [0.15, 0.2) is 23.1 Å². The largest absolute Gasteiger partial charge is 0.243 e. The van der Waals surface area contributed by atoms with Crippen LogP contribution in [0.4, 0.5) is 4.39 Å². The quantitative estimate of drug-likeness (QED) is 0.751. The van der Waals surface area contributed by atoms with Gasteiger partial charge in [0, 0.05) is 17.9 Å². The fourth-order valence-corrected chi connectivity index (χ4v) is 4.99. The molecule has 112 valence electrons. The Morgan fingerprint density at radius 1 is 1.45 bits per heavy atom. The summed E-state index contributed by atoms with van der Waals surface area (Å²) >= 11 is 3.38. The Bertz CT molecular complexity index is 577. The number of alkyl halides is 1. The first-order valence-corrected chi connectivity index (χ1v) is 9.37. The molecule has 6 heteroatoms. The van der Waals surface area contributed by atoms with Crippen LogP contribution in [-0.4, -0.2) is 30.6 Å². The summed E-state index contributed by atoms with van der Waals surface area (Å²) in [6.45, 7) is 2.24. The van der Waals surface area contributed by atoms with Gasteiger partial charge in [0.15, 0.2) is 0 Å². The number of hydrogen-bond donors (Lipinski definition) is 0. The van der Waals surface area contributed by atoms with Crippen LogP contribution in [0.5, 0.6) is 0 Å². The van der Waals surface area contributed by atoms with Gasteiger partial charge < -0.3 is 0 Å². The van der Waals surface area contributed by atoms with Crippen molar-refractivity contribution >= 4 is 26.0 Å². The van der Waals surface area contributed by atoms with Gasteiger partial charge in [0.05, 0.1) is 4.90 Å². The molecule has 0 spiro atoms. The van der Waals surface area contributed by atoms with Gasteiger partial charge in [-0.25, -0.2) is 12.8 Å². The predicted octanol–water partition coefficient (Wildman–Crippen LogP) is 3.46. The maximum atomic E-state index is 13.4. The molecule has 3 nitrogen and oxygen atoms in total. The standard InChI is InChI=1S/C14H19BrFNO2S/c1-11-6-7-12(16)10-14(11)20(18,19)17-9-3-5-13(17)4-2-8-15/h6-7,10,13H,2-5,8-9H2,1H3. The maximum absolute atomic E-state index is 13.4. The molecule has 1 aliphatic heterocycles. The minimum atomic E-state index is -3.59. The van der Waals surface area contributed by atoms with Crippen LogP contribution in [0.2, 0.25) is 0 Å². The van der Waals surface area contributed by atoms with E-state index in [-0.39, 0.29) is 10.9 Å². The number of hydrogen-bond acceptors (Lipinski definition) is 2. The van der Waals surface area contributed by atoms with E-state index in [1.807, 2.05) is 0 Å². The van der Waals surface area contributed by atoms with Crippen molar-refractivity contribution in [2.75, 3.05) is 11.9 Å². The van der Waals surface area contributed by atoms with E-state index < -0.39 is 15.8 Å². The highest BCUT2D eigenvalue weighted by atomic mass is 79.9. The molecule has 2 rings (SSSR count). The summed E-state index contributed by atoms with van der Waals surface area (Å²) in [7, 11) is -3.59. The molecule has 0 aromatic heterocycles. The number of nitrogens with zero attached hydrogens (tertiary/aromatic N) is 1. The summed E-state index contributed by atoms with van der Waals surface area (Å²) < 4.78 is 40.4. The van der Waals surface area contributed by atoms with E-state index in [0.717, 1.165) is 37.1 Å². The van der Waals surface area contributed by atoms with Gasteiger partial charge in [-0.2, -0.15) is 4.31 Å². The fourth-order valence-electron chi connectivity index (χ4n) is 2.71. The molecule has 1 unspecified atom stereocenters. The lowest BCUT2D eigenvalue weighted by Crippen LogP contribution is -2.36. The molecule has 0 radical (unpaired) electrons. The van der Waals surface area contributed by atoms with Crippen molar-refractivity contribution in [3.63, 3.8) is 0 Å². The Balaban J connectivity index is 2.31. The summed E-state index contributed by atoms with van der Waals surface area (Å²) in [6, 6.07) is 3.98. The predicted molar refractivity (Wildman–Crippen MR) is 81.1 cm³/mol. The molecule has 1 atom stereocenters. The lowest BCUT2D eigenvalue weighted by atomic mass is 10.1. The third kappa shape index (κ3) is 3.23. The Morgan fingerprint density at radius 2 is 2.20 bits per heavy atom. The monoisotopic (exact) mass is 363 g/mol. The summed E-state index contributed by atoms with van der Waals surface area (Å²) in [4.78, 5) is 0.100. The molecule has 0 bridgehead atoms. The molecule has 0 saturated carbocycles. The second-order valence-corrected chi connectivity index (χ2v) is 7.80. The molecule has 1 fully saturated rings. The smallest absolute Gasteiger partial charge is 0.207 e. The average Bonchev–Trinajstić information content (AvgIpc) is 2.88. The summed E-state index contributed by atoms with van der Waals surface area (Å²) in [5.74, 6) is -0.509. The van der Waals surface area contributed by atoms with E-state index in [0.29, 0.717) is 12.1 Å². The van der Waals surface area contributed by atoms with Crippen molar-refractivity contribution in [3.05, 3.63) is 29.6 Å². The number of benzene rings is 1. The highest BCUT2D eigenvalue weighted by molar-refractivity contribution is 9.09. The van der Waals surface area contributed by atoms with Gasteiger partial charge in [-0.1, -0.05) is 22.0 Å². The van der Waals surface area contributed by atoms with E-state index in [4.69, 9.17) is 0 Å². The zero-order valence-corrected chi connectivity index (χ0v) is 13.9. The second kappa shape index (κ2) is 6.54. The zero-order chi connectivity index (χ0) is 14.8. The summed E-state index contributed by atoms with van der Waals surface area (Å²) in [5, 5.41) is 0.871. The highest BCUT2D eigenvalue weighted by Crippen LogP contribution is 2.30. The van der Waals surface area contributed by atoms with Crippen molar-refractivity contribution in [2.45, 2.75) is 43.5 Å². The van der Waals surface area contributed by atoms with Crippen LogP contribution in [0.3, 0.4) is 0 Å². The molecular formula is C14H19BrFNO2S. The molecule has 0 aliphatic carbocycles. The normalized spacial score (nSPS) is 20.4. The third-order valence-electron chi connectivity index (χ3n) is 3.73. The zero-order valence-electron chi connectivity index (χ0n) is 11.5. The second-order valence-electron chi connectivity index (χ2n) is 5.15. The molecule has 20 heavy (non-hydrogen) atoms. The first kappa shape index (κ1) is 15.9. The van der Waals surface area contributed by atoms with E-state index >= 15 is 0 Å². The Hall–Kier alpha value is -0.460. The van der Waals surface area contributed by atoms with E-state index in [1.54, 1.807) is 11.2 Å². The Kier molecular flexibility index (Phi) is 5.20. The van der Waals surface area contributed by atoms with E-state index in [9.17, 15) is 12.8 Å². The van der Waals surface area contributed by atoms with Crippen LogP contribution in [0, 0.1) is 12.7 Å². The first-order chi connectivity index (χ1) is 9.46. The molecular weight excluding hydrogens is 345 g/mol. The third-order valence-corrected chi connectivity index (χ3v) is 6.39. The van der Waals surface area contributed by atoms with Crippen molar-refractivity contribution in [1.29, 1.82) is 0 Å². The van der Waals surface area contributed by atoms with Gasteiger partial charge in [-0.05, 0) is 50.3 Å². The van der Waals surface area contributed by atoms with Crippen LogP contribution in [0.25, 0.3) is 0 Å². The van der Waals surface area contributed by atoms with Crippen molar-refractivity contribution in [3.8, 4) is 0 Å². The fraction of sp³-hybridized carbons (Fsp3) is 0.571. The first-order valence-electron chi connectivity index (χ1n) is 6.81. The van der Waals surface area contributed by atoms with Crippen LogP contribution >= 0.6 is 15.9 Å². The molecule has 1 aromatic carbocycles. The number of sulfonamides is 1. The minimum Gasteiger partial charge on any atom is -0.207 e. The van der Waals surface area contributed by atoms with Crippen molar-refractivity contribution in [2.24, 2.45) is 0 Å². The van der Waals surface area contributed by atoms with Gasteiger partial charge >= 0.3 is 0 Å². The lowest BCUT2D eigenvalue weighted by molar-refractivity contribution is 0.368. The van der Waals surface area contributed by atoms with Gasteiger partial charge in [0.2, 0.25) is 10.0 Å². The summed E-state index contributed by atoms with van der Waals surface area (Å²) in [6.07, 6.45) is 3.55. The SMILES string of the molecule is Cc1ccc(F)cc1S(=O)(=O)N1CCCC1CCCBr. The molecule has 0 N–H and O–H groups in total. The highest BCUT2D eigenvalue weighted by Gasteiger charge is 2.35. The van der Waals surface area contributed by atoms with Crippen molar-refractivity contribution < 1.29 is 12.8 Å². The molecule has 1 aromatic rings. The molecule has 1 aliphatic rings. The van der Waals surface area contributed by atoms with Crippen molar-refractivity contribution in [1.82, 2.24) is 4.31 Å². The van der Waals surface area contributed by atoms with Gasteiger partial charge in [0.1, 0.15) is 5.82 Å². The van der Waals surface area contributed by atoms with E-state index in [2.05, 4.69) is 15.9 Å². The number of aryl methyl sites for hydroxylation is 1. The maximum Gasteiger partial charge on any atom is 0.243 e. The van der Waals surface area contributed by atoms with Crippen LogP contribution < -0.4 is 0 Å². The van der Waals surface area contributed by atoms with E-state index in [1.165, 1.54) is 12.1 Å². The number of halogens is 2.